The largest absolute Gasteiger partial charge is 0.366 e. The van der Waals surface area contributed by atoms with Gasteiger partial charge in [-0.2, -0.15) is 0 Å². The number of rotatable bonds is 2. The highest BCUT2D eigenvalue weighted by Crippen LogP contribution is 2.16. The van der Waals surface area contributed by atoms with Gasteiger partial charge in [0.05, 0.1) is 13.1 Å². The zero-order valence-corrected chi connectivity index (χ0v) is 10.2. The molecular weight excluding hydrogens is 182 g/mol. The van der Waals surface area contributed by atoms with Crippen LogP contribution in [-0.4, -0.2) is 31.1 Å². The Morgan fingerprint density at radius 1 is 1.25 bits per heavy atom. The van der Waals surface area contributed by atoms with Gasteiger partial charge in [0, 0.05) is 13.1 Å². The molecule has 70 valence electrons. The van der Waals surface area contributed by atoms with E-state index >= 15 is 0 Å². The molecule has 0 radical (unpaired) electrons. The number of hydrogen-bond acceptors (Lipinski definition) is 1. The SMILES string of the molecule is C[Si](C)(C)CC(=S)N1CCCC1. The average Bonchev–Trinajstić information content (AvgIpc) is 2.32. The topological polar surface area (TPSA) is 3.24 Å². The fraction of sp³-hybridized carbons (Fsp3) is 0.889. The molecular formula is C9H19NSSi. The van der Waals surface area contributed by atoms with Crippen molar-refractivity contribution in [3.05, 3.63) is 0 Å². The van der Waals surface area contributed by atoms with E-state index in [1.807, 2.05) is 0 Å². The molecule has 1 rings (SSSR count). The van der Waals surface area contributed by atoms with Gasteiger partial charge in [-0.05, 0) is 18.9 Å². The molecule has 0 aromatic carbocycles. The molecule has 1 heterocycles. The van der Waals surface area contributed by atoms with Crippen LogP contribution in [0.1, 0.15) is 12.8 Å². The third kappa shape index (κ3) is 3.23. The van der Waals surface area contributed by atoms with E-state index < -0.39 is 8.07 Å². The summed E-state index contributed by atoms with van der Waals surface area (Å²) in [6.07, 6.45) is 2.68. The van der Waals surface area contributed by atoms with E-state index in [9.17, 15) is 0 Å². The van der Waals surface area contributed by atoms with Gasteiger partial charge in [0.15, 0.2) is 0 Å². The molecule has 1 saturated heterocycles. The lowest BCUT2D eigenvalue weighted by molar-refractivity contribution is 0.526. The summed E-state index contributed by atoms with van der Waals surface area (Å²) in [4.78, 5) is 3.62. The lowest BCUT2D eigenvalue weighted by Gasteiger charge is -2.23. The van der Waals surface area contributed by atoms with Gasteiger partial charge in [0.2, 0.25) is 0 Å². The second kappa shape index (κ2) is 3.88. The Balaban J connectivity index is 2.37. The average molecular weight is 201 g/mol. The van der Waals surface area contributed by atoms with Crippen LogP contribution in [0.3, 0.4) is 0 Å². The molecule has 1 fully saturated rings. The second-order valence-electron chi connectivity index (χ2n) is 4.83. The van der Waals surface area contributed by atoms with Crippen molar-refractivity contribution in [2.45, 2.75) is 38.5 Å². The summed E-state index contributed by atoms with van der Waals surface area (Å²) in [5, 5.41) is 0. The number of nitrogens with zero attached hydrogens (tertiary/aromatic N) is 1. The third-order valence-corrected chi connectivity index (χ3v) is 4.19. The van der Waals surface area contributed by atoms with E-state index in [0.29, 0.717) is 0 Å². The first kappa shape index (κ1) is 10.2. The molecule has 0 unspecified atom stereocenters. The van der Waals surface area contributed by atoms with Crippen molar-refractivity contribution in [3.8, 4) is 0 Å². The van der Waals surface area contributed by atoms with E-state index in [2.05, 4.69) is 24.5 Å². The number of hydrogen-bond donors (Lipinski definition) is 0. The van der Waals surface area contributed by atoms with Crippen molar-refractivity contribution in [2.24, 2.45) is 0 Å². The predicted molar refractivity (Wildman–Crippen MR) is 61.6 cm³/mol. The standard InChI is InChI=1S/C9H19NSSi/c1-12(2,3)8-9(11)10-6-4-5-7-10/h4-8H2,1-3H3. The van der Waals surface area contributed by atoms with E-state index in [4.69, 9.17) is 12.2 Å². The third-order valence-electron chi connectivity index (χ3n) is 2.14. The van der Waals surface area contributed by atoms with Crippen LogP contribution >= 0.6 is 12.2 Å². The molecule has 0 amide bonds. The van der Waals surface area contributed by atoms with Crippen LogP contribution in [0.4, 0.5) is 0 Å². The van der Waals surface area contributed by atoms with Crippen LogP contribution < -0.4 is 0 Å². The van der Waals surface area contributed by atoms with Crippen LogP contribution in [0, 0.1) is 0 Å². The Bertz CT molecular complexity index is 168. The van der Waals surface area contributed by atoms with Crippen molar-refractivity contribution in [1.82, 2.24) is 4.90 Å². The van der Waals surface area contributed by atoms with E-state index in [1.54, 1.807) is 0 Å². The summed E-state index contributed by atoms with van der Waals surface area (Å²) in [6, 6.07) is 1.20. The maximum absolute atomic E-state index is 5.42. The van der Waals surface area contributed by atoms with Crippen molar-refractivity contribution in [2.75, 3.05) is 13.1 Å². The van der Waals surface area contributed by atoms with Gasteiger partial charge in [-0.3, -0.25) is 0 Å². The molecule has 0 spiro atoms. The molecule has 1 aliphatic rings. The first-order valence-electron chi connectivity index (χ1n) is 4.77. The molecule has 0 atom stereocenters. The minimum atomic E-state index is -0.971. The summed E-state index contributed by atoms with van der Waals surface area (Å²) in [6.45, 7) is 9.58. The molecule has 1 nitrogen and oxygen atoms in total. The number of likely N-dealkylation sites (tertiary alicyclic amines) is 1. The normalized spacial score (nSPS) is 18.4. The summed E-state index contributed by atoms with van der Waals surface area (Å²) < 4.78 is 0. The van der Waals surface area contributed by atoms with Gasteiger partial charge < -0.3 is 4.90 Å². The van der Waals surface area contributed by atoms with Crippen LogP contribution in [0.2, 0.25) is 25.7 Å². The van der Waals surface area contributed by atoms with Gasteiger partial charge in [0.1, 0.15) is 0 Å². The Hall–Kier alpha value is 0.107. The highest BCUT2D eigenvalue weighted by atomic mass is 32.1. The molecule has 0 bridgehead atoms. The minimum Gasteiger partial charge on any atom is -0.366 e. The van der Waals surface area contributed by atoms with Crippen molar-refractivity contribution in [1.29, 1.82) is 0 Å². The predicted octanol–water partition coefficient (Wildman–Crippen LogP) is 2.75. The van der Waals surface area contributed by atoms with Gasteiger partial charge >= 0.3 is 0 Å². The quantitative estimate of drug-likeness (QED) is 0.499. The Labute approximate surface area is 82.2 Å². The van der Waals surface area contributed by atoms with Crippen molar-refractivity contribution >= 4 is 25.3 Å². The maximum Gasteiger partial charge on any atom is 0.0752 e. The van der Waals surface area contributed by atoms with Crippen LogP contribution in [-0.2, 0) is 0 Å². The first-order chi connectivity index (χ1) is 5.49. The molecule has 3 heteroatoms. The van der Waals surface area contributed by atoms with Gasteiger partial charge in [-0.1, -0.05) is 31.9 Å². The second-order valence-corrected chi connectivity index (χ2v) is 10.8. The number of thiocarbonyl (C=S) groups is 1. The van der Waals surface area contributed by atoms with Crippen LogP contribution in [0.15, 0.2) is 0 Å². The minimum absolute atomic E-state index is 0.971. The summed E-state index contributed by atoms with van der Waals surface area (Å²) in [7, 11) is -0.971. The monoisotopic (exact) mass is 201 g/mol. The molecule has 0 saturated carbocycles. The Kier molecular flexibility index (Phi) is 3.29. The molecule has 12 heavy (non-hydrogen) atoms. The summed E-state index contributed by atoms with van der Waals surface area (Å²) in [5.74, 6) is 0. The van der Waals surface area contributed by atoms with Crippen molar-refractivity contribution < 1.29 is 0 Å². The zero-order valence-electron chi connectivity index (χ0n) is 8.39. The summed E-state index contributed by atoms with van der Waals surface area (Å²) >= 11 is 5.42. The molecule has 1 aliphatic heterocycles. The molecule has 0 N–H and O–H groups in total. The zero-order chi connectivity index (χ0) is 9.19. The first-order valence-corrected chi connectivity index (χ1v) is 8.88. The smallest absolute Gasteiger partial charge is 0.0752 e. The Morgan fingerprint density at radius 3 is 2.17 bits per heavy atom. The van der Waals surface area contributed by atoms with Gasteiger partial charge in [-0.15, -0.1) is 0 Å². The summed E-state index contributed by atoms with van der Waals surface area (Å²) in [5.41, 5.74) is 0. The van der Waals surface area contributed by atoms with Crippen LogP contribution in [0.5, 0.6) is 0 Å². The highest BCUT2D eigenvalue weighted by Gasteiger charge is 2.21. The molecule has 0 aromatic rings. The highest BCUT2D eigenvalue weighted by molar-refractivity contribution is 7.80. The Morgan fingerprint density at radius 2 is 1.75 bits per heavy atom. The lowest BCUT2D eigenvalue weighted by Crippen LogP contribution is -2.33. The van der Waals surface area contributed by atoms with Gasteiger partial charge in [0.25, 0.3) is 0 Å². The lowest BCUT2D eigenvalue weighted by atomic mass is 10.4. The van der Waals surface area contributed by atoms with E-state index in [1.165, 1.54) is 37.0 Å². The van der Waals surface area contributed by atoms with E-state index in [0.717, 1.165) is 0 Å². The fourth-order valence-electron chi connectivity index (χ4n) is 1.53. The van der Waals surface area contributed by atoms with Crippen molar-refractivity contribution in [3.63, 3.8) is 0 Å². The van der Waals surface area contributed by atoms with E-state index in [-0.39, 0.29) is 0 Å². The molecule has 0 aromatic heterocycles. The maximum atomic E-state index is 5.42. The fourth-order valence-corrected chi connectivity index (χ4v) is 4.14. The van der Waals surface area contributed by atoms with Crippen LogP contribution in [0.25, 0.3) is 0 Å². The van der Waals surface area contributed by atoms with Gasteiger partial charge in [-0.25, -0.2) is 0 Å². The molecule has 0 aliphatic carbocycles.